The third-order valence-electron chi connectivity index (χ3n) is 1.84. The number of H-pyrrole nitrogens is 1. The van der Waals surface area contributed by atoms with Gasteiger partial charge in [-0.3, -0.25) is 4.79 Å². The van der Waals surface area contributed by atoms with Gasteiger partial charge in [0, 0.05) is 0 Å². The Hall–Kier alpha value is -2.19. The van der Waals surface area contributed by atoms with E-state index in [2.05, 4.69) is 14.2 Å². The number of hydrogen-bond acceptors (Lipinski definition) is 5. The van der Waals surface area contributed by atoms with Crippen LogP contribution in [0.25, 0.3) is 0 Å². The van der Waals surface area contributed by atoms with Gasteiger partial charge in [-0.1, -0.05) is 0 Å². The second-order valence-corrected chi connectivity index (χ2v) is 2.93. The minimum atomic E-state index is -5.08. The molecule has 0 aliphatic rings. The largest absolute Gasteiger partial charge is 0.573 e. The highest BCUT2D eigenvalue weighted by molar-refractivity contribution is 5.92. The lowest BCUT2D eigenvalue weighted by atomic mass is 10.2. The lowest BCUT2D eigenvalue weighted by Gasteiger charge is -2.14. The molecule has 18 heavy (non-hydrogen) atoms. The molecule has 0 aliphatic carbocycles. The molecule has 0 saturated heterocycles. The van der Waals surface area contributed by atoms with E-state index in [4.69, 9.17) is 0 Å². The number of methoxy groups -OCH3 is 2. The number of alkyl halides is 3. The summed E-state index contributed by atoms with van der Waals surface area (Å²) in [6, 6.07) is 0. The molecule has 1 heterocycles. The molecular weight excluding hydrogens is 259 g/mol. The topological polar surface area (TPSA) is 77.6 Å². The quantitative estimate of drug-likeness (QED) is 0.829. The summed E-state index contributed by atoms with van der Waals surface area (Å²) in [5, 5.41) is 0. The number of ether oxygens (including phenoxy) is 3. The SMILES string of the molecule is COC(=O)c1c(OC(F)(F)F)c(OC)c[nH]c1=O. The van der Waals surface area contributed by atoms with Crippen molar-refractivity contribution < 1.29 is 32.2 Å². The first-order valence-corrected chi connectivity index (χ1v) is 4.44. The maximum absolute atomic E-state index is 12.2. The van der Waals surface area contributed by atoms with Crippen molar-refractivity contribution in [3.8, 4) is 11.5 Å². The van der Waals surface area contributed by atoms with Gasteiger partial charge in [-0.25, -0.2) is 4.79 Å². The molecular formula is C9H8F3NO5. The number of rotatable bonds is 3. The Kier molecular flexibility index (Phi) is 3.84. The molecule has 0 spiro atoms. The number of carbonyl (C=O) groups excluding carboxylic acids is 1. The molecule has 0 aromatic carbocycles. The van der Waals surface area contributed by atoms with Crippen molar-refractivity contribution in [1.82, 2.24) is 4.98 Å². The fourth-order valence-corrected chi connectivity index (χ4v) is 1.15. The third kappa shape index (κ3) is 2.93. The predicted octanol–water partition coefficient (Wildman–Crippen LogP) is 1.07. The minimum absolute atomic E-state index is 0.452. The Morgan fingerprint density at radius 2 is 1.94 bits per heavy atom. The standard InChI is InChI=1S/C9H8F3NO5/c1-16-4-3-13-7(14)5(8(15)17-2)6(4)18-9(10,11)12/h3H,1-2H3,(H,13,14). The molecule has 9 heteroatoms. The number of esters is 1. The van der Waals surface area contributed by atoms with Crippen LogP contribution in [0.1, 0.15) is 10.4 Å². The fourth-order valence-electron chi connectivity index (χ4n) is 1.15. The number of aromatic amines is 1. The summed E-state index contributed by atoms with van der Waals surface area (Å²) in [6.45, 7) is 0. The number of pyridine rings is 1. The van der Waals surface area contributed by atoms with Crippen LogP contribution in [-0.4, -0.2) is 31.5 Å². The van der Waals surface area contributed by atoms with E-state index in [1.54, 1.807) is 0 Å². The molecule has 0 unspecified atom stereocenters. The highest BCUT2D eigenvalue weighted by atomic mass is 19.4. The van der Waals surface area contributed by atoms with Crippen molar-refractivity contribution in [2.24, 2.45) is 0 Å². The lowest BCUT2D eigenvalue weighted by molar-refractivity contribution is -0.275. The Morgan fingerprint density at radius 3 is 2.39 bits per heavy atom. The average Bonchev–Trinajstić information content (AvgIpc) is 2.27. The smallest absolute Gasteiger partial charge is 0.491 e. The van der Waals surface area contributed by atoms with Crippen LogP contribution < -0.4 is 15.0 Å². The van der Waals surface area contributed by atoms with Crippen LogP contribution in [0.15, 0.2) is 11.0 Å². The molecule has 0 amide bonds. The van der Waals surface area contributed by atoms with Gasteiger partial charge in [-0.2, -0.15) is 0 Å². The molecule has 0 fully saturated rings. The fraction of sp³-hybridized carbons (Fsp3) is 0.333. The first kappa shape index (κ1) is 13.9. The molecule has 0 bridgehead atoms. The Bertz CT molecular complexity index is 508. The molecule has 0 atom stereocenters. The van der Waals surface area contributed by atoms with Crippen molar-refractivity contribution in [3.05, 3.63) is 22.1 Å². The van der Waals surface area contributed by atoms with Crippen LogP contribution in [-0.2, 0) is 4.74 Å². The molecule has 1 aromatic rings. The highest BCUT2D eigenvalue weighted by Gasteiger charge is 2.36. The number of halogens is 3. The normalized spacial score (nSPS) is 10.9. The molecule has 1 N–H and O–H groups in total. The number of aromatic nitrogens is 1. The molecule has 0 aliphatic heterocycles. The van der Waals surface area contributed by atoms with Gasteiger partial charge >= 0.3 is 12.3 Å². The molecule has 1 aromatic heterocycles. The summed E-state index contributed by atoms with van der Waals surface area (Å²) in [5.74, 6) is -2.76. The first-order valence-electron chi connectivity index (χ1n) is 4.44. The zero-order chi connectivity index (χ0) is 13.9. The van der Waals surface area contributed by atoms with Crippen molar-refractivity contribution in [3.63, 3.8) is 0 Å². The van der Waals surface area contributed by atoms with Gasteiger partial charge in [-0.15, -0.1) is 13.2 Å². The van der Waals surface area contributed by atoms with E-state index in [1.807, 2.05) is 4.98 Å². The molecule has 1 rings (SSSR count). The van der Waals surface area contributed by atoms with E-state index < -0.39 is 35.0 Å². The van der Waals surface area contributed by atoms with Crippen LogP contribution in [0, 0.1) is 0 Å². The molecule has 0 radical (unpaired) electrons. The van der Waals surface area contributed by atoms with E-state index in [0.717, 1.165) is 20.4 Å². The van der Waals surface area contributed by atoms with E-state index in [1.165, 1.54) is 0 Å². The average molecular weight is 267 g/mol. The van der Waals surface area contributed by atoms with Gasteiger partial charge in [0.15, 0.2) is 17.1 Å². The highest BCUT2D eigenvalue weighted by Crippen LogP contribution is 2.33. The monoisotopic (exact) mass is 267 g/mol. The summed E-state index contributed by atoms with van der Waals surface area (Å²) in [4.78, 5) is 24.6. The first-order chi connectivity index (χ1) is 8.30. The van der Waals surface area contributed by atoms with Crippen LogP contribution in [0.4, 0.5) is 13.2 Å². The Labute approximate surface area is 98.3 Å². The number of nitrogens with one attached hydrogen (secondary N) is 1. The van der Waals surface area contributed by atoms with E-state index in [0.29, 0.717) is 0 Å². The molecule has 100 valence electrons. The van der Waals surface area contributed by atoms with Gasteiger partial charge in [0.1, 0.15) is 0 Å². The summed E-state index contributed by atoms with van der Waals surface area (Å²) < 4.78 is 49.0. The van der Waals surface area contributed by atoms with Gasteiger partial charge in [0.2, 0.25) is 0 Å². The van der Waals surface area contributed by atoms with Crippen LogP contribution in [0.2, 0.25) is 0 Å². The van der Waals surface area contributed by atoms with Gasteiger partial charge < -0.3 is 19.2 Å². The van der Waals surface area contributed by atoms with E-state index >= 15 is 0 Å². The van der Waals surface area contributed by atoms with Gasteiger partial charge in [0.25, 0.3) is 5.56 Å². The number of hydrogen-bond donors (Lipinski definition) is 1. The maximum atomic E-state index is 12.2. The van der Waals surface area contributed by atoms with Crippen LogP contribution in [0.3, 0.4) is 0 Å². The Balaban J connectivity index is 3.46. The van der Waals surface area contributed by atoms with Crippen molar-refractivity contribution in [2.75, 3.05) is 14.2 Å². The second kappa shape index (κ2) is 4.98. The number of carbonyl (C=O) groups is 1. The van der Waals surface area contributed by atoms with Crippen molar-refractivity contribution in [2.45, 2.75) is 6.36 Å². The summed E-state index contributed by atoms with van der Waals surface area (Å²) in [6.07, 6.45) is -4.24. The summed E-state index contributed by atoms with van der Waals surface area (Å²) >= 11 is 0. The van der Waals surface area contributed by atoms with E-state index in [9.17, 15) is 22.8 Å². The van der Waals surface area contributed by atoms with Gasteiger partial charge in [0.05, 0.1) is 20.4 Å². The zero-order valence-corrected chi connectivity index (χ0v) is 9.25. The molecule has 6 nitrogen and oxygen atoms in total. The predicted molar refractivity (Wildman–Crippen MR) is 51.6 cm³/mol. The second-order valence-electron chi connectivity index (χ2n) is 2.93. The zero-order valence-electron chi connectivity index (χ0n) is 9.25. The summed E-state index contributed by atoms with van der Waals surface area (Å²) in [7, 11) is 1.97. The Morgan fingerprint density at radius 1 is 1.33 bits per heavy atom. The van der Waals surface area contributed by atoms with Crippen LogP contribution in [0.5, 0.6) is 11.5 Å². The van der Waals surface area contributed by atoms with Crippen molar-refractivity contribution >= 4 is 5.97 Å². The van der Waals surface area contributed by atoms with Crippen LogP contribution >= 0.6 is 0 Å². The minimum Gasteiger partial charge on any atom is -0.491 e. The van der Waals surface area contributed by atoms with E-state index in [-0.39, 0.29) is 0 Å². The van der Waals surface area contributed by atoms with Crippen molar-refractivity contribution in [1.29, 1.82) is 0 Å². The molecule has 0 saturated carbocycles. The third-order valence-corrected chi connectivity index (χ3v) is 1.84. The lowest BCUT2D eigenvalue weighted by Crippen LogP contribution is -2.25. The summed E-state index contributed by atoms with van der Waals surface area (Å²) in [5.41, 5.74) is -2.00. The maximum Gasteiger partial charge on any atom is 0.573 e. The van der Waals surface area contributed by atoms with Gasteiger partial charge in [-0.05, 0) is 0 Å².